The molecule has 4 N–H and O–H groups in total. The average molecular weight is 316 g/mol. The first-order valence-corrected chi connectivity index (χ1v) is 6.45. The van der Waals surface area contributed by atoms with Crippen LogP contribution in [0.15, 0.2) is 12.5 Å². The van der Waals surface area contributed by atoms with E-state index in [0.717, 1.165) is 17.1 Å². The van der Waals surface area contributed by atoms with Gasteiger partial charge in [-0.3, -0.25) is 0 Å². The zero-order valence-corrected chi connectivity index (χ0v) is 11.4. The molecule has 2 aromatic heterocycles. The predicted octanol–water partition coefficient (Wildman–Crippen LogP) is -0.479. The molecule has 0 radical (unpaired) electrons. The Morgan fingerprint density at radius 3 is 2.77 bits per heavy atom. The molecule has 0 unspecified atom stereocenters. The molecule has 0 spiro atoms. The fraction of sp³-hybridized carbons (Fsp3) is 0.500. The highest BCUT2D eigenvalue weighted by atomic mass is 19.2. The summed E-state index contributed by atoms with van der Waals surface area (Å²) in [7, 11) is 1.54. The summed E-state index contributed by atoms with van der Waals surface area (Å²) in [5.74, 6) is -3.33. The second kappa shape index (κ2) is 5.09. The molecule has 1 aliphatic rings. The first kappa shape index (κ1) is 15.0. The van der Waals surface area contributed by atoms with Gasteiger partial charge in [0.2, 0.25) is 0 Å². The van der Waals surface area contributed by atoms with Gasteiger partial charge in [-0.25, -0.2) is 18.7 Å². The first-order chi connectivity index (χ1) is 10.4. The van der Waals surface area contributed by atoms with E-state index in [1.54, 1.807) is 7.05 Å². The summed E-state index contributed by atoms with van der Waals surface area (Å²) >= 11 is 0. The molecule has 8 nitrogen and oxygen atoms in total. The number of hydrogen-bond acceptors (Lipinski definition) is 7. The maximum atomic E-state index is 14.1. The maximum absolute atomic E-state index is 14.1. The minimum absolute atomic E-state index is 0.0376. The first-order valence-electron chi connectivity index (χ1n) is 6.45. The third-order valence-electron chi connectivity index (χ3n) is 3.66. The number of aliphatic hydroxyl groups excluding tert-OH is 3. The largest absolute Gasteiger partial charge is 0.390 e. The van der Waals surface area contributed by atoms with E-state index in [9.17, 15) is 19.0 Å². The van der Waals surface area contributed by atoms with Crippen molar-refractivity contribution >= 4 is 16.9 Å². The van der Waals surface area contributed by atoms with E-state index in [4.69, 9.17) is 9.84 Å². The van der Waals surface area contributed by atoms with Crippen molar-refractivity contribution in [3.63, 3.8) is 0 Å². The van der Waals surface area contributed by atoms with Crippen molar-refractivity contribution in [3.05, 3.63) is 18.3 Å². The number of ether oxygens (including phenoxy) is 1. The van der Waals surface area contributed by atoms with E-state index in [-0.39, 0.29) is 16.9 Å². The fourth-order valence-corrected chi connectivity index (χ4v) is 2.53. The second-order valence-electron chi connectivity index (χ2n) is 4.94. The minimum Gasteiger partial charge on any atom is -0.390 e. The van der Waals surface area contributed by atoms with Crippen LogP contribution in [0.5, 0.6) is 0 Å². The Kier molecular flexibility index (Phi) is 3.48. The summed E-state index contributed by atoms with van der Waals surface area (Å²) in [6, 6.07) is 0. The van der Waals surface area contributed by atoms with Crippen molar-refractivity contribution < 1.29 is 28.8 Å². The van der Waals surface area contributed by atoms with Gasteiger partial charge in [0, 0.05) is 13.2 Å². The maximum Gasteiger partial charge on any atom is 0.263 e. The Morgan fingerprint density at radius 1 is 1.45 bits per heavy atom. The molecule has 4 atom stereocenters. The van der Waals surface area contributed by atoms with E-state index >= 15 is 0 Å². The quantitative estimate of drug-likeness (QED) is 0.605. The van der Waals surface area contributed by atoms with Gasteiger partial charge in [-0.15, -0.1) is 0 Å². The Morgan fingerprint density at radius 2 is 2.18 bits per heavy atom. The molecule has 120 valence electrons. The Labute approximate surface area is 123 Å². The highest BCUT2D eigenvalue weighted by molar-refractivity contribution is 5.88. The summed E-state index contributed by atoms with van der Waals surface area (Å²) in [6.07, 6.45) is -3.01. The van der Waals surface area contributed by atoms with E-state index in [2.05, 4.69) is 15.3 Å². The van der Waals surface area contributed by atoms with Crippen LogP contribution in [0.1, 0.15) is 6.23 Å². The van der Waals surface area contributed by atoms with Gasteiger partial charge in [-0.05, 0) is 0 Å². The van der Waals surface area contributed by atoms with E-state index < -0.39 is 36.7 Å². The van der Waals surface area contributed by atoms with Crippen LogP contribution in [0.25, 0.3) is 11.0 Å². The number of halogens is 2. The molecule has 1 aliphatic heterocycles. The zero-order chi connectivity index (χ0) is 16.1. The van der Waals surface area contributed by atoms with Crippen molar-refractivity contribution in [3.8, 4) is 0 Å². The van der Waals surface area contributed by atoms with E-state index in [0.29, 0.717) is 0 Å². The number of alkyl halides is 1. The summed E-state index contributed by atoms with van der Waals surface area (Å²) in [5, 5.41) is 31.3. The summed E-state index contributed by atoms with van der Waals surface area (Å²) in [4.78, 5) is 7.76. The van der Waals surface area contributed by atoms with Crippen LogP contribution < -0.4 is 5.32 Å². The molecule has 1 saturated heterocycles. The Bertz CT molecular complexity index is 712. The molecule has 0 bridgehead atoms. The fourth-order valence-electron chi connectivity index (χ4n) is 2.53. The highest BCUT2D eigenvalue weighted by Crippen LogP contribution is 2.40. The number of anilines is 1. The minimum atomic E-state index is -2.84. The summed E-state index contributed by atoms with van der Waals surface area (Å²) < 4.78 is 34.2. The molecule has 3 heterocycles. The molecule has 10 heteroatoms. The van der Waals surface area contributed by atoms with Crippen LogP contribution >= 0.6 is 0 Å². The molecule has 0 aliphatic carbocycles. The number of nitrogens with one attached hydrogen (secondary N) is 1. The van der Waals surface area contributed by atoms with Crippen LogP contribution in [-0.2, 0) is 4.74 Å². The lowest BCUT2D eigenvalue weighted by Gasteiger charge is -2.19. The van der Waals surface area contributed by atoms with Crippen LogP contribution in [0.3, 0.4) is 0 Å². The highest BCUT2D eigenvalue weighted by Gasteiger charge is 2.56. The normalized spacial score (nSPS) is 31.8. The van der Waals surface area contributed by atoms with Crippen molar-refractivity contribution in [1.82, 2.24) is 14.5 Å². The SMILES string of the molecule is CNc1ncnc2c1c(F)cn2[C@@H]1O[C@](F)(CO)[C@@H](O)[C@H]1O. The molecule has 2 aromatic rings. The lowest BCUT2D eigenvalue weighted by molar-refractivity contribution is -0.206. The van der Waals surface area contributed by atoms with Gasteiger partial charge in [-0.1, -0.05) is 0 Å². The molecule has 0 saturated carbocycles. The van der Waals surface area contributed by atoms with Gasteiger partial charge < -0.3 is 29.9 Å². The lowest BCUT2D eigenvalue weighted by Crippen LogP contribution is -2.42. The number of fused-ring (bicyclic) bond motifs is 1. The van der Waals surface area contributed by atoms with Gasteiger partial charge in [0.25, 0.3) is 5.85 Å². The van der Waals surface area contributed by atoms with Crippen LogP contribution in [-0.4, -0.2) is 61.6 Å². The van der Waals surface area contributed by atoms with Crippen molar-refractivity contribution in [1.29, 1.82) is 0 Å². The zero-order valence-electron chi connectivity index (χ0n) is 11.4. The number of hydrogen-bond donors (Lipinski definition) is 4. The van der Waals surface area contributed by atoms with Crippen LogP contribution in [0, 0.1) is 5.82 Å². The van der Waals surface area contributed by atoms with E-state index in [1.165, 1.54) is 0 Å². The molecular weight excluding hydrogens is 302 g/mol. The van der Waals surface area contributed by atoms with Gasteiger partial charge in [0.05, 0.1) is 5.39 Å². The molecule has 1 fully saturated rings. The van der Waals surface area contributed by atoms with Gasteiger partial charge in [0.15, 0.2) is 17.7 Å². The van der Waals surface area contributed by atoms with Gasteiger partial charge in [0.1, 0.15) is 31.0 Å². The molecule has 0 amide bonds. The predicted molar refractivity (Wildman–Crippen MR) is 70.1 cm³/mol. The second-order valence-corrected chi connectivity index (χ2v) is 4.94. The third-order valence-corrected chi connectivity index (χ3v) is 3.66. The number of aromatic nitrogens is 3. The Hall–Kier alpha value is -1.88. The lowest BCUT2D eigenvalue weighted by atomic mass is 10.1. The van der Waals surface area contributed by atoms with Crippen molar-refractivity contribution in [2.45, 2.75) is 24.3 Å². The summed E-state index contributed by atoms with van der Waals surface area (Å²) in [6.45, 7) is -1.15. The smallest absolute Gasteiger partial charge is 0.263 e. The molecule has 3 rings (SSSR count). The number of aliphatic hydroxyl groups is 3. The van der Waals surface area contributed by atoms with Gasteiger partial charge in [-0.2, -0.15) is 0 Å². The average Bonchev–Trinajstić information content (AvgIpc) is 2.98. The van der Waals surface area contributed by atoms with Crippen molar-refractivity contribution in [2.24, 2.45) is 0 Å². The molecule has 0 aromatic carbocycles. The molecular formula is C12H14F2N4O4. The number of rotatable bonds is 3. The van der Waals surface area contributed by atoms with Crippen molar-refractivity contribution in [2.75, 3.05) is 19.0 Å². The standard InChI is InChI=1S/C12H14F2N4O4/c1-15-9-6-5(13)2-18(10(6)17-4-16-9)11-7(20)8(21)12(14,3-19)22-11/h2,4,7-8,11,19-21H,3H2,1H3,(H,15,16,17)/t7-,8+,11-,12-/m1/s1. The Balaban J connectivity index is 2.12. The van der Waals surface area contributed by atoms with E-state index in [1.807, 2.05) is 0 Å². The topological polar surface area (TPSA) is 113 Å². The third kappa shape index (κ3) is 1.96. The van der Waals surface area contributed by atoms with Gasteiger partial charge >= 0.3 is 0 Å². The van der Waals surface area contributed by atoms with Crippen LogP contribution in [0.4, 0.5) is 14.6 Å². The van der Waals surface area contributed by atoms with Crippen LogP contribution in [0.2, 0.25) is 0 Å². The number of nitrogens with zero attached hydrogens (tertiary/aromatic N) is 3. The molecule has 22 heavy (non-hydrogen) atoms. The summed E-state index contributed by atoms with van der Waals surface area (Å²) in [5.41, 5.74) is 0.0512. The monoisotopic (exact) mass is 316 g/mol.